The number of hydrogen-bond donors (Lipinski definition) is 14. The van der Waals surface area contributed by atoms with Crippen molar-refractivity contribution in [3.8, 4) is 0 Å². The van der Waals surface area contributed by atoms with Crippen molar-refractivity contribution in [3.63, 3.8) is 0 Å². The van der Waals surface area contributed by atoms with Gasteiger partial charge in [-0.05, 0) is 154 Å². The summed E-state index contributed by atoms with van der Waals surface area (Å²) in [5.41, 5.74) is -0.162. The molecule has 10 unspecified atom stereocenters. The summed E-state index contributed by atoms with van der Waals surface area (Å²) >= 11 is 0. The molecule has 117 heavy (non-hydrogen) atoms. The average Bonchev–Trinajstić information content (AvgIpc) is 1.72. The summed E-state index contributed by atoms with van der Waals surface area (Å²) < 4.78 is 51.1. The lowest BCUT2D eigenvalue weighted by molar-refractivity contribution is -0.0673. The minimum atomic E-state index is -1.61. The van der Waals surface area contributed by atoms with E-state index >= 15 is 0 Å². The largest absolute Gasteiger partial charge is 0.456 e. The van der Waals surface area contributed by atoms with Crippen LogP contribution in [0.1, 0.15) is 218 Å². The molecule has 0 aromatic carbocycles. The number of ether oxygens (including phenoxy) is 8. The number of nitrogens with zero attached hydrogens (tertiary/aromatic N) is 5. The van der Waals surface area contributed by atoms with Crippen LogP contribution in [0.25, 0.3) is 0 Å². The molecule has 1 aliphatic heterocycles. The van der Waals surface area contributed by atoms with Gasteiger partial charge in [0, 0.05) is 125 Å². The number of nitrogens with one attached hydrogen (secondary N) is 1. The molecule has 0 bridgehead atoms. The zero-order valence-electron chi connectivity index (χ0n) is 78.5. The Morgan fingerprint density at radius 2 is 0.769 bits per heavy atom. The number of aliphatic hydroxyl groups excluding tert-OH is 13. The van der Waals surface area contributed by atoms with E-state index in [9.17, 15) is 25.5 Å². The highest BCUT2D eigenvalue weighted by atomic mass is 28.4. The fourth-order valence-electron chi connectivity index (χ4n) is 12.9. The highest BCUT2D eigenvalue weighted by Gasteiger charge is 2.33. The first-order valence-electron chi connectivity index (χ1n) is 46.0. The van der Waals surface area contributed by atoms with Crippen LogP contribution in [0.2, 0.25) is 38.8 Å². The predicted molar refractivity (Wildman–Crippen MR) is 482 cm³/mol. The molecule has 0 radical (unpaired) electrons. The van der Waals surface area contributed by atoms with Crippen molar-refractivity contribution < 1.29 is 108 Å². The van der Waals surface area contributed by atoms with Crippen LogP contribution in [-0.2, 0) is 42.0 Å². The second-order valence-corrected chi connectivity index (χ2v) is 42.3. The number of hydrogen-bond acceptors (Lipinski definition) is 28. The topological polar surface area (TPSA) is 374 Å². The lowest BCUT2D eigenvalue weighted by atomic mass is 10.0. The van der Waals surface area contributed by atoms with E-state index < -0.39 is 41.1 Å². The number of rotatable bonds is 76. The summed E-state index contributed by atoms with van der Waals surface area (Å²) in [6, 6.07) is 1.06. The summed E-state index contributed by atoms with van der Waals surface area (Å²) in [5.74, 6) is 1.86. The molecule has 30 heteroatoms. The third-order valence-corrected chi connectivity index (χ3v) is 26.0. The first-order valence-corrected chi connectivity index (χ1v) is 52.6. The van der Waals surface area contributed by atoms with E-state index in [1.54, 1.807) is 0 Å². The molecule has 1 aliphatic rings. The molecule has 0 aromatic rings. The molecule has 0 saturated carbocycles. The molecular weight excluding hydrogens is 1540 g/mol. The lowest BCUT2D eigenvalue weighted by Crippen LogP contribution is -2.42. The van der Waals surface area contributed by atoms with Crippen LogP contribution in [0.3, 0.4) is 0 Å². The standard InChI is InChI=1S/C17H37NO2.C15H37NO5Si2.C15H33NO5.C15H33NO4.C14H31NO3.C11H23NO3/c1-5-9-10-16(8-4)14-20-15-17(19)13-18(11-6-2)12-7-3;1-22(2,3)21-23(4,5)12-6-11-20-14-15(19)13-16(7-9-17)8-10-18;1-3-5-10-20-13-15(4-2)21-12-14(19)11-16(6-8-17)7-9-18;1-3-5-6-14(4-2)12-20-13-15(19)11-16(7-9-17)8-10-18;1-3-5-7-13(4-2)11-18-12-14(17)10-15-8-6-9-16;1-4-10(9-13)14-7-5-12-6-8-15-11(12,2)3/h16-17,19H,5-15H2,1-4H3;15,17-19H,6-14H2,1-5H3;14-15,17-19H,3-13H2,1-2H3;14-15,17-19H,3-13H2,1-2H3;13-17H,3-12H2,1-2H3;10,13H,4-9H2,1-3H3. The van der Waals surface area contributed by atoms with Crippen molar-refractivity contribution in [1.82, 2.24) is 29.8 Å². The van der Waals surface area contributed by atoms with Gasteiger partial charge in [0.2, 0.25) is 0 Å². The third-order valence-electron chi connectivity index (χ3n) is 19.8. The Morgan fingerprint density at radius 1 is 0.393 bits per heavy atom. The summed E-state index contributed by atoms with van der Waals surface area (Å²) in [4.78, 5) is 10.1. The smallest absolute Gasteiger partial charge is 0.173 e. The first kappa shape index (κ1) is 125. The predicted octanol–water partition coefficient (Wildman–Crippen LogP) is 8.31. The van der Waals surface area contributed by atoms with Gasteiger partial charge in [-0.3, -0.25) is 19.6 Å². The van der Waals surface area contributed by atoms with Crippen molar-refractivity contribution in [2.45, 2.75) is 306 Å². The van der Waals surface area contributed by atoms with Gasteiger partial charge in [0.1, 0.15) is 5.72 Å². The van der Waals surface area contributed by atoms with Crippen LogP contribution >= 0.6 is 0 Å². The van der Waals surface area contributed by atoms with Gasteiger partial charge in [-0.1, -0.05) is 140 Å². The molecule has 1 saturated heterocycles. The Labute approximate surface area is 718 Å². The van der Waals surface area contributed by atoms with Crippen LogP contribution in [-0.4, -0.2) is 399 Å². The van der Waals surface area contributed by atoms with Gasteiger partial charge in [-0.25, -0.2) is 0 Å². The van der Waals surface area contributed by atoms with Crippen LogP contribution in [0.5, 0.6) is 0 Å². The van der Waals surface area contributed by atoms with Gasteiger partial charge in [0.05, 0.1) is 142 Å². The molecule has 0 aliphatic carbocycles. The Kier molecular flexibility index (Phi) is 94.7. The molecule has 0 spiro atoms. The number of unbranched alkanes of at least 4 members (excludes halogenated alkanes) is 4. The van der Waals surface area contributed by atoms with Gasteiger partial charge in [0.25, 0.3) is 0 Å². The van der Waals surface area contributed by atoms with Gasteiger partial charge in [-0.15, -0.1) is 0 Å². The Hall–Kier alpha value is -0.686. The Morgan fingerprint density at radius 3 is 1.11 bits per heavy atom. The monoisotopic (exact) mass is 1730 g/mol. The maximum atomic E-state index is 10.1. The van der Waals surface area contributed by atoms with Crippen molar-refractivity contribution in [2.24, 2.45) is 17.8 Å². The fraction of sp³-hybridized carbons (Fsp3) is 1.00. The summed E-state index contributed by atoms with van der Waals surface area (Å²) in [6.07, 6.45) is 19.7. The van der Waals surface area contributed by atoms with E-state index in [-0.39, 0.29) is 90.1 Å². The highest BCUT2D eigenvalue weighted by Crippen LogP contribution is 2.23. The maximum absolute atomic E-state index is 10.1. The molecule has 14 N–H and O–H groups in total. The second kappa shape index (κ2) is 88.7. The van der Waals surface area contributed by atoms with Crippen molar-refractivity contribution in [3.05, 3.63) is 0 Å². The minimum Gasteiger partial charge on any atom is -0.456 e. The van der Waals surface area contributed by atoms with E-state index in [0.717, 1.165) is 136 Å². The molecule has 0 aromatic heterocycles. The molecule has 1 fully saturated rings. The lowest BCUT2D eigenvalue weighted by Gasteiger charge is -2.31. The van der Waals surface area contributed by atoms with Crippen LogP contribution < -0.4 is 5.32 Å². The van der Waals surface area contributed by atoms with Gasteiger partial charge in [-0.2, -0.15) is 0 Å². The highest BCUT2D eigenvalue weighted by molar-refractivity contribution is 6.84. The molecule has 10 atom stereocenters. The molecule has 28 nitrogen and oxygen atoms in total. The zero-order chi connectivity index (χ0) is 89.2. The summed E-state index contributed by atoms with van der Waals surface area (Å²) in [7, 11) is -3.09. The van der Waals surface area contributed by atoms with Gasteiger partial charge >= 0.3 is 0 Å². The third kappa shape index (κ3) is 84.6. The van der Waals surface area contributed by atoms with E-state index in [0.29, 0.717) is 129 Å². The van der Waals surface area contributed by atoms with E-state index in [1.807, 2.05) is 28.5 Å². The van der Waals surface area contributed by atoms with Crippen LogP contribution in [0.4, 0.5) is 0 Å². The van der Waals surface area contributed by atoms with Gasteiger partial charge in [0.15, 0.2) is 16.6 Å². The van der Waals surface area contributed by atoms with Crippen molar-refractivity contribution >= 4 is 16.6 Å². The van der Waals surface area contributed by atoms with Gasteiger partial charge < -0.3 is 119 Å². The van der Waals surface area contributed by atoms with Crippen molar-refractivity contribution in [2.75, 3.05) is 243 Å². The van der Waals surface area contributed by atoms with Crippen LogP contribution in [0, 0.1) is 17.8 Å². The SMILES string of the molecule is CCC(CO)OCCN1CCOC1(C)C.CCCCC(CC)COCC(O)CN(CCC)CCC.CCCCC(CC)COCC(O)CN(CCO)CCO.CCCCC(CC)COCC(O)CNCCCO.CCCCOCC(CC)OCC(O)CN(CCO)CCO.C[Si](C)(C)O[Si](C)(C)CCCOCC(O)CN(CCO)CCO. The second-order valence-electron chi connectivity index (χ2n) is 33.3. The maximum Gasteiger partial charge on any atom is 0.173 e. The van der Waals surface area contributed by atoms with E-state index in [1.165, 1.54) is 64.2 Å². The first-order chi connectivity index (χ1) is 55.9. The fourth-order valence-corrected chi connectivity index (χ4v) is 20.9. The van der Waals surface area contributed by atoms with E-state index in [2.05, 4.69) is 124 Å². The number of aliphatic hydroxyl groups is 13. The minimum absolute atomic E-state index is 0.000592. The molecule has 1 heterocycles. The Bertz CT molecular complexity index is 1880. The average molecular weight is 1730 g/mol. The summed E-state index contributed by atoms with van der Waals surface area (Å²) in [6.45, 7) is 56.7. The molecule has 1 rings (SSSR count). The molecule has 0 amide bonds. The normalized spacial score (nSPS) is 15.7. The van der Waals surface area contributed by atoms with Crippen molar-refractivity contribution in [1.29, 1.82) is 0 Å². The molecule has 712 valence electrons. The quantitative estimate of drug-likeness (QED) is 0.0201. The zero-order valence-corrected chi connectivity index (χ0v) is 80.5. The Balaban J connectivity index is -0.000000430. The molecular formula is C87H194N6O22Si2. The summed E-state index contributed by atoms with van der Waals surface area (Å²) in [5, 5.41) is 124. The van der Waals surface area contributed by atoms with E-state index in [4.69, 9.17) is 82.9 Å². The van der Waals surface area contributed by atoms with Crippen LogP contribution in [0.15, 0.2) is 0 Å².